The van der Waals surface area contributed by atoms with E-state index in [0.29, 0.717) is 17.0 Å². The molecule has 0 N–H and O–H groups in total. The zero-order valence-corrected chi connectivity index (χ0v) is 20.9. The Bertz CT molecular complexity index is 1230. The molecular weight excluding hydrogens is 443 g/mol. The number of likely N-dealkylation sites (N-methyl/N-ethyl adjacent to an activating group) is 1. The van der Waals surface area contributed by atoms with Crippen LogP contribution in [0.1, 0.15) is 43.8 Å². The van der Waals surface area contributed by atoms with E-state index in [9.17, 15) is 0 Å². The maximum absolute atomic E-state index is 15.1. The summed E-state index contributed by atoms with van der Waals surface area (Å²) in [5, 5.41) is 0. The first-order valence-electron chi connectivity index (χ1n) is 12.0. The fourth-order valence-corrected chi connectivity index (χ4v) is 4.47. The van der Waals surface area contributed by atoms with Gasteiger partial charge < -0.3 is 9.47 Å². The van der Waals surface area contributed by atoms with Gasteiger partial charge in [0, 0.05) is 56.7 Å². The van der Waals surface area contributed by atoms with Crippen LogP contribution in [0.4, 0.5) is 10.2 Å². The fraction of sp³-hybridized carbons (Fsp3) is 0.423. The molecule has 184 valence electrons. The highest BCUT2D eigenvalue weighted by Gasteiger charge is 2.16. The normalized spacial score (nSPS) is 16.4. The van der Waals surface area contributed by atoms with Gasteiger partial charge in [-0.1, -0.05) is 13.0 Å². The molecule has 1 fully saturated rings. The number of nitrogens with zero attached hydrogens (tertiary/aromatic N) is 8. The largest absolute Gasteiger partial charge is 0.324 e. The van der Waals surface area contributed by atoms with E-state index in [2.05, 4.69) is 66.8 Å². The number of imidazole rings is 1. The van der Waals surface area contributed by atoms with Crippen molar-refractivity contribution in [3.8, 4) is 0 Å². The lowest BCUT2D eigenvalue weighted by atomic mass is 10.2. The maximum Gasteiger partial charge on any atom is 0.177 e. The number of aromatic nitrogens is 4. The Morgan fingerprint density at radius 3 is 2.51 bits per heavy atom. The molecule has 8 nitrogen and oxygen atoms in total. The van der Waals surface area contributed by atoms with Crippen molar-refractivity contribution in [2.24, 2.45) is 9.98 Å². The first-order chi connectivity index (χ1) is 16.9. The van der Waals surface area contributed by atoms with Crippen LogP contribution in [0.15, 0.2) is 46.4 Å². The van der Waals surface area contributed by atoms with Gasteiger partial charge in [0.2, 0.25) is 0 Å². The second-order valence-corrected chi connectivity index (χ2v) is 9.04. The highest BCUT2D eigenvalue weighted by atomic mass is 19.1. The first-order valence-corrected chi connectivity index (χ1v) is 12.0. The molecule has 1 aliphatic heterocycles. The van der Waals surface area contributed by atoms with Gasteiger partial charge in [0.15, 0.2) is 17.3 Å². The maximum atomic E-state index is 15.1. The average Bonchev–Trinajstić information content (AvgIpc) is 3.20. The second kappa shape index (κ2) is 11.0. The van der Waals surface area contributed by atoms with E-state index >= 15 is 4.39 Å². The van der Waals surface area contributed by atoms with E-state index in [1.165, 1.54) is 0 Å². The van der Waals surface area contributed by atoms with Crippen LogP contribution in [0.2, 0.25) is 0 Å². The molecule has 3 aromatic heterocycles. The van der Waals surface area contributed by atoms with Crippen LogP contribution in [0.5, 0.6) is 0 Å². The quantitative estimate of drug-likeness (QED) is 0.445. The van der Waals surface area contributed by atoms with Crippen molar-refractivity contribution in [2.45, 2.75) is 40.3 Å². The zero-order chi connectivity index (χ0) is 24.9. The molecule has 0 bridgehead atoms. The Kier molecular flexibility index (Phi) is 7.77. The van der Waals surface area contributed by atoms with Gasteiger partial charge in [0.25, 0.3) is 0 Å². The van der Waals surface area contributed by atoms with Crippen LogP contribution in [0, 0.1) is 6.92 Å². The molecule has 3 aromatic rings. The summed E-state index contributed by atoms with van der Waals surface area (Å²) in [7, 11) is 0. The Balaban J connectivity index is 1.49. The second-order valence-electron chi connectivity index (χ2n) is 9.04. The molecule has 0 spiro atoms. The number of allylic oxidation sites excluding steroid dienone is 1. The van der Waals surface area contributed by atoms with Crippen molar-refractivity contribution >= 4 is 35.6 Å². The Labute approximate surface area is 206 Å². The minimum atomic E-state index is -0.604. The number of pyridine rings is 2. The van der Waals surface area contributed by atoms with Crippen LogP contribution >= 0.6 is 0 Å². The number of fused-ring (bicyclic) bond motifs is 1. The molecule has 9 heteroatoms. The summed E-state index contributed by atoms with van der Waals surface area (Å²) in [6.07, 6.45) is 4.50. The number of rotatable bonds is 8. The van der Waals surface area contributed by atoms with E-state index < -0.39 is 5.83 Å². The molecule has 4 heterocycles. The van der Waals surface area contributed by atoms with E-state index in [4.69, 9.17) is 0 Å². The number of halogens is 1. The molecule has 0 amide bonds. The number of aliphatic imine (C=N–C) groups is 2. The number of piperazine rings is 1. The minimum absolute atomic E-state index is 0.0835. The lowest BCUT2D eigenvalue weighted by molar-refractivity contribution is 0.132. The molecule has 0 atom stereocenters. The molecule has 0 unspecified atom stereocenters. The van der Waals surface area contributed by atoms with Gasteiger partial charge in [-0.25, -0.2) is 24.3 Å². The van der Waals surface area contributed by atoms with Gasteiger partial charge in [-0.2, -0.15) is 0 Å². The van der Waals surface area contributed by atoms with Crippen molar-refractivity contribution in [1.29, 1.82) is 0 Å². The number of aryl methyl sites for hydroxylation is 1. The molecule has 1 saturated heterocycles. The van der Waals surface area contributed by atoms with Gasteiger partial charge in [-0.3, -0.25) is 9.89 Å². The predicted molar refractivity (Wildman–Crippen MR) is 140 cm³/mol. The third-order valence-electron chi connectivity index (χ3n) is 6.33. The van der Waals surface area contributed by atoms with Crippen molar-refractivity contribution in [3.05, 3.63) is 53.4 Å². The Hall–Kier alpha value is -3.30. The summed E-state index contributed by atoms with van der Waals surface area (Å²) in [6, 6.07) is 5.84. The van der Waals surface area contributed by atoms with Gasteiger partial charge in [0.05, 0.1) is 11.7 Å². The smallest absolute Gasteiger partial charge is 0.177 e. The summed E-state index contributed by atoms with van der Waals surface area (Å²) < 4.78 is 17.1. The zero-order valence-electron chi connectivity index (χ0n) is 20.9. The van der Waals surface area contributed by atoms with Gasteiger partial charge >= 0.3 is 0 Å². The summed E-state index contributed by atoms with van der Waals surface area (Å²) in [5.74, 6) is 0.690. The minimum Gasteiger partial charge on any atom is -0.324 e. The third-order valence-corrected chi connectivity index (χ3v) is 6.33. The lowest BCUT2D eigenvalue weighted by Crippen LogP contribution is -2.45. The van der Waals surface area contributed by atoms with Crippen LogP contribution in [-0.4, -0.2) is 75.0 Å². The topological polar surface area (TPSA) is 74.8 Å². The van der Waals surface area contributed by atoms with Crippen LogP contribution in [0.25, 0.3) is 16.9 Å². The first kappa shape index (κ1) is 24.8. The molecule has 0 radical (unpaired) electrons. The number of hydrogen-bond donors (Lipinski definition) is 0. The molecule has 35 heavy (non-hydrogen) atoms. The number of hydrogen-bond acceptors (Lipinski definition) is 7. The summed E-state index contributed by atoms with van der Waals surface area (Å²) in [6.45, 7) is 18.1. The SMILES string of the molecule is C=N/C(=C(/F)C=Nc1ccc(CN2CCN(CC)CC2)cn1)c1cnc2nc(C)n(C(C)C)c2c1. The highest BCUT2D eigenvalue weighted by Crippen LogP contribution is 2.26. The van der Waals surface area contributed by atoms with Crippen LogP contribution in [0.3, 0.4) is 0 Å². The summed E-state index contributed by atoms with van der Waals surface area (Å²) in [4.78, 5) is 26.3. The van der Waals surface area contributed by atoms with Crippen molar-refractivity contribution in [2.75, 3.05) is 32.7 Å². The fourth-order valence-electron chi connectivity index (χ4n) is 4.47. The molecule has 0 aromatic carbocycles. The molecule has 0 aliphatic carbocycles. The molecule has 4 rings (SSSR count). The third kappa shape index (κ3) is 5.68. The molecule has 0 saturated carbocycles. The van der Waals surface area contributed by atoms with E-state index in [-0.39, 0.29) is 11.7 Å². The molecular formula is C26H33FN8. The molecule has 1 aliphatic rings. The summed E-state index contributed by atoms with van der Waals surface area (Å²) >= 11 is 0. The average molecular weight is 477 g/mol. The van der Waals surface area contributed by atoms with Crippen LogP contribution in [-0.2, 0) is 6.54 Å². The Morgan fingerprint density at radius 2 is 1.89 bits per heavy atom. The van der Waals surface area contributed by atoms with E-state index in [0.717, 1.165) is 62.4 Å². The van der Waals surface area contributed by atoms with Gasteiger partial charge in [0.1, 0.15) is 11.5 Å². The monoisotopic (exact) mass is 476 g/mol. The standard InChI is InChI=1S/C26H33FN8/c1-6-33-9-11-34(12-10-33)17-20-7-8-24(29-14-20)30-16-22(27)25(28-5)21-13-23-26(31-15-21)32-19(4)35(23)18(2)3/h7-8,13-16,18H,5-6,9-12,17H2,1-4H3/b25-22+,30-16?. The van der Waals surface area contributed by atoms with E-state index in [1.54, 1.807) is 18.5 Å². The van der Waals surface area contributed by atoms with Crippen molar-refractivity contribution in [3.63, 3.8) is 0 Å². The Morgan fingerprint density at radius 1 is 1.14 bits per heavy atom. The predicted octanol–water partition coefficient (Wildman–Crippen LogP) is 4.59. The van der Waals surface area contributed by atoms with Gasteiger partial charge in [-0.05, 0) is 51.7 Å². The van der Waals surface area contributed by atoms with Crippen molar-refractivity contribution in [1.82, 2.24) is 29.3 Å². The van der Waals surface area contributed by atoms with Crippen LogP contribution < -0.4 is 0 Å². The van der Waals surface area contributed by atoms with Gasteiger partial charge in [-0.15, -0.1) is 0 Å². The van der Waals surface area contributed by atoms with Crippen molar-refractivity contribution < 1.29 is 4.39 Å². The lowest BCUT2D eigenvalue weighted by Gasteiger charge is -2.33. The highest BCUT2D eigenvalue weighted by molar-refractivity contribution is 5.91. The van der Waals surface area contributed by atoms with E-state index in [1.807, 2.05) is 19.1 Å². The summed E-state index contributed by atoms with van der Waals surface area (Å²) in [5.41, 5.74) is 3.17.